The van der Waals surface area contributed by atoms with Crippen molar-refractivity contribution in [2.75, 3.05) is 26.4 Å². The van der Waals surface area contributed by atoms with E-state index in [-0.39, 0.29) is 25.9 Å². The Kier molecular flexibility index (Phi) is 51.0. The number of hydrogen-bond acceptors (Lipinski definition) is 10. The zero-order valence-corrected chi connectivity index (χ0v) is 46.3. The Labute approximate surface area is 438 Å². The van der Waals surface area contributed by atoms with E-state index in [1.165, 1.54) is 38.5 Å². The fraction of sp³-hybridized carbons (Fsp3) is 0.683. The summed E-state index contributed by atoms with van der Waals surface area (Å²) in [6.45, 7) is 4.33. The van der Waals surface area contributed by atoms with Gasteiger partial charge in [-0.2, -0.15) is 0 Å². The number of rotatable bonds is 51. The van der Waals surface area contributed by atoms with Gasteiger partial charge in [-0.25, -0.2) is 4.57 Å². The van der Waals surface area contributed by atoms with Crippen LogP contribution in [-0.4, -0.2) is 66.5 Å². The number of aliphatic hydroxyl groups excluding tert-OH is 1. The molecule has 0 aliphatic heterocycles. The van der Waals surface area contributed by atoms with Gasteiger partial charge in [0.25, 0.3) is 0 Å². The summed E-state index contributed by atoms with van der Waals surface area (Å²) >= 11 is 0. The van der Waals surface area contributed by atoms with Crippen LogP contribution in [0, 0.1) is 0 Å². The number of allylic oxidation sites excluding steroid dienone is 16. The molecule has 0 aliphatic carbocycles. The van der Waals surface area contributed by atoms with Gasteiger partial charge in [-0.3, -0.25) is 23.4 Å². The molecule has 3 unspecified atom stereocenters. The normalized spacial score (nSPS) is 14.1. The van der Waals surface area contributed by atoms with Gasteiger partial charge in [0, 0.05) is 19.3 Å². The molecule has 0 spiro atoms. The van der Waals surface area contributed by atoms with Crippen molar-refractivity contribution in [1.29, 1.82) is 0 Å². The Morgan fingerprint density at radius 1 is 0.403 bits per heavy atom. The van der Waals surface area contributed by atoms with Crippen molar-refractivity contribution in [1.82, 2.24) is 0 Å². The molecular weight excluding hydrogens is 928 g/mol. The molecule has 0 radical (unpaired) electrons. The first-order valence-corrected chi connectivity index (χ1v) is 29.6. The molecule has 412 valence electrons. The minimum Gasteiger partial charge on any atom is -0.462 e. The number of phosphoric ester groups is 1. The van der Waals surface area contributed by atoms with Gasteiger partial charge in [0.1, 0.15) is 12.7 Å². The Balaban J connectivity index is 4.81. The van der Waals surface area contributed by atoms with Crippen molar-refractivity contribution in [3.8, 4) is 0 Å². The lowest BCUT2D eigenvalue weighted by Crippen LogP contribution is -2.30. The van der Waals surface area contributed by atoms with Crippen LogP contribution in [0.5, 0.6) is 0 Å². The average molecular weight is 1030 g/mol. The van der Waals surface area contributed by atoms with Gasteiger partial charge in [-0.05, 0) is 116 Å². The molecule has 11 nitrogen and oxygen atoms in total. The van der Waals surface area contributed by atoms with Gasteiger partial charge in [0.05, 0.1) is 19.8 Å². The smallest absolute Gasteiger partial charge is 0.462 e. The Hall–Kier alpha value is -3.60. The minimum atomic E-state index is -4.77. The highest BCUT2D eigenvalue weighted by Crippen LogP contribution is 2.43. The zero-order valence-electron chi connectivity index (χ0n) is 45.4. The SMILES string of the molecule is CC/C=C\C/C=C\C/C=C\C/C=C\CCCCC(=O)OC(COC(=O)CCCCCCC/C=C\CCCCCCCC)COP(=O)(O)OCC(CO)OC(=O)CCCCCCC/C=C\C/C=C\C/C=C\CC. The lowest BCUT2D eigenvalue weighted by atomic mass is 10.1. The van der Waals surface area contributed by atoms with E-state index in [0.717, 1.165) is 128 Å². The summed E-state index contributed by atoms with van der Waals surface area (Å²) in [5, 5.41) is 9.80. The number of hydrogen-bond donors (Lipinski definition) is 2. The molecule has 0 aromatic rings. The number of carbonyl (C=O) groups excluding carboxylic acids is 3. The van der Waals surface area contributed by atoms with Crippen LogP contribution >= 0.6 is 7.82 Å². The summed E-state index contributed by atoms with van der Waals surface area (Å²) in [7, 11) is -4.77. The van der Waals surface area contributed by atoms with Gasteiger partial charge in [0.15, 0.2) is 6.10 Å². The van der Waals surface area contributed by atoms with E-state index in [1.54, 1.807) is 0 Å². The molecule has 0 saturated heterocycles. The van der Waals surface area contributed by atoms with Crippen molar-refractivity contribution < 1.29 is 52.2 Å². The second kappa shape index (κ2) is 53.7. The van der Waals surface area contributed by atoms with Gasteiger partial charge in [-0.1, -0.05) is 189 Å². The highest BCUT2D eigenvalue weighted by molar-refractivity contribution is 7.47. The minimum absolute atomic E-state index is 0.109. The molecule has 12 heteroatoms. The third kappa shape index (κ3) is 51.3. The molecule has 0 heterocycles. The van der Waals surface area contributed by atoms with Crippen LogP contribution < -0.4 is 0 Å². The first kappa shape index (κ1) is 68.4. The van der Waals surface area contributed by atoms with Crippen LogP contribution in [-0.2, 0) is 42.2 Å². The monoisotopic (exact) mass is 1030 g/mol. The maximum Gasteiger partial charge on any atom is 0.472 e. The zero-order chi connectivity index (χ0) is 52.7. The highest BCUT2D eigenvalue weighted by atomic mass is 31.2. The van der Waals surface area contributed by atoms with E-state index < -0.39 is 57.8 Å². The standard InChI is InChI=1S/C60H101O11P/c1-4-7-10-13-16-19-22-25-28-31-34-37-40-43-46-49-58(62)67-53-57(71-60(64)51-48-45-42-39-36-33-30-27-24-21-18-15-12-9-6-3)55-69-72(65,66)68-54-56(52-61)70-59(63)50-47-44-41-38-35-32-29-26-23-20-17-14-11-8-5-2/h8-9,11-12,17-18,20-21,25-30,36,39,56-57,61H,4-7,10,13-16,19,22-24,31-35,37-38,40-55H2,1-3H3,(H,65,66)/b11-8-,12-9-,20-17-,21-18-,28-25-,29-26-,30-27-,39-36-. The van der Waals surface area contributed by atoms with Crippen LogP contribution in [0.25, 0.3) is 0 Å². The second-order valence-electron chi connectivity index (χ2n) is 18.3. The molecule has 2 N–H and O–H groups in total. The van der Waals surface area contributed by atoms with Crippen molar-refractivity contribution in [3.63, 3.8) is 0 Å². The van der Waals surface area contributed by atoms with Crippen molar-refractivity contribution in [2.45, 2.75) is 238 Å². The number of phosphoric acid groups is 1. The van der Waals surface area contributed by atoms with Crippen molar-refractivity contribution in [3.05, 3.63) is 97.2 Å². The first-order valence-electron chi connectivity index (χ1n) is 28.1. The summed E-state index contributed by atoms with van der Waals surface area (Å²) < 4.78 is 39.4. The van der Waals surface area contributed by atoms with Gasteiger partial charge in [0.2, 0.25) is 0 Å². The molecule has 72 heavy (non-hydrogen) atoms. The fourth-order valence-electron chi connectivity index (χ4n) is 7.24. The molecule has 0 aromatic heterocycles. The molecule has 0 rings (SSSR count). The summed E-state index contributed by atoms with van der Waals surface area (Å²) in [6.07, 6.45) is 62.3. The molecular formula is C60H101O11P. The highest BCUT2D eigenvalue weighted by Gasteiger charge is 2.28. The third-order valence-corrected chi connectivity index (χ3v) is 12.4. The summed E-state index contributed by atoms with van der Waals surface area (Å²) in [5.41, 5.74) is 0. The second-order valence-corrected chi connectivity index (χ2v) is 19.8. The third-order valence-electron chi connectivity index (χ3n) is 11.5. The topological polar surface area (TPSA) is 155 Å². The summed E-state index contributed by atoms with van der Waals surface area (Å²) in [6, 6.07) is 0. The van der Waals surface area contributed by atoms with Gasteiger partial charge < -0.3 is 24.2 Å². The number of unbranched alkanes of at least 4 members (excludes halogenated alkanes) is 18. The molecule has 0 saturated carbocycles. The number of esters is 3. The lowest BCUT2D eigenvalue weighted by Gasteiger charge is -2.21. The molecule has 0 aromatic carbocycles. The predicted molar refractivity (Wildman–Crippen MR) is 297 cm³/mol. The maximum absolute atomic E-state index is 12.9. The fourth-order valence-corrected chi connectivity index (χ4v) is 8.02. The van der Waals surface area contributed by atoms with Crippen LogP contribution in [0.15, 0.2) is 97.2 Å². The van der Waals surface area contributed by atoms with Gasteiger partial charge >= 0.3 is 25.7 Å². The van der Waals surface area contributed by atoms with E-state index in [0.29, 0.717) is 19.3 Å². The molecule has 0 aliphatic rings. The number of aliphatic hydroxyl groups is 1. The van der Waals surface area contributed by atoms with Crippen molar-refractivity contribution in [2.24, 2.45) is 0 Å². The van der Waals surface area contributed by atoms with Crippen LogP contribution in [0.4, 0.5) is 0 Å². The number of ether oxygens (including phenoxy) is 3. The first-order chi connectivity index (χ1) is 35.2. The van der Waals surface area contributed by atoms with Crippen molar-refractivity contribution >= 4 is 25.7 Å². The molecule has 3 atom stereocenters. The Bertz CT molecular complexity index is 1580. The van der Waals surface area contributed by atoms with E-state index in [2.05, 4.69) is 118 Å². The molecule has 0 amide bonds. The van der Waals surface area contributed by atoms with E-state index in [1.807, 2.05) is 0 Å². The van der Waals surface area contributed by atoms with Crippen LogP contribution in [0.3, 0.4) is 0 Å². The van der Waals surface area contributed by atoms with E-state index in [4.69, 9.17) is 23.3 Å². The molecule has 0 bridgehead atoms. The number of carbonyl (C=O) groups is 3. The van der Waals surface area contributed by atoms with E-state index in [9.17, 15) is 28.9 Å². The quantitative estimate of drug-likeness (QED) is 0.0197. The Morgan fingerprint density at radius 2 is 0.722 bits per heavy atom. The van der Waals surface area contributed by atoms with Crippen LogP contribution in [0.2, 0.25) is 0 Å². The summed E-state index contributed by atoms with van der Waals surface area (Å²) in [5.74, 6) is -1.55. The van der Waals surface area contributed by atoms with Gasteiger partial charge in [-0.15, -0.1) is 0 Å². The maximum atomic E-state index is 12.9. The van der Waals surface area contributed by atoms with E-state index >= 15 is 0 Å². The average Bonchev–Trinajstić information content (AvgIpc) is 3.37. The Morgan fingerprint density at radius 3 is 1.15 bits per heavy atom. The lowest BCUT2D eigenvalue weighted by molar-refractivity contribution is -0.161. The summed E-state index contributed by atoms with van der Waals surface area (Å²) in [4.78, 5) is 48.5. The predicted octanol–water partition coefficient (Wildman–Crippen LogP) is 16.5. The largest absolute Gasteiger partial charge is 0.472 e. The van der Waals surface area contributed by atoms with Crippen LogP contribution in [0.1, 0.15) is 226 Å². The molecule has 0 fully saturated rings.